The summed E-state index contributed by atoms with van der Waals surface area (Å²) in [5.41, 5.74) is 5.07. The molecule has 0 aliphatic carbocycles. The van der Waals surface area contributed by atoms with E-state index >= 15 is 0 Å². The van der Waals surface area contributed by atoms with Crippen LogP contribution >= 0.6 is 0 Å². The molecule has 4 rings (SSSR count). The van der Waals surface area contributed by atoms with Crippen molar-refractivity contribution in [3.63, 3.8) is 0 Å². The number of pyridine rings is 1. The molecule has 0 saturated carbocycles. The monoisotopic (exact) mass is 360 g/mol. The standard InChI is InChI=1S/C22H24N4O/c1-15(2)18-9-4-5-10-19(18)20-16(3)24-26-13-7-12-25(21(20)26)22(27)17-8-6-11-23-14-17/h4-6,8-11,14-15H,7,12-13H2,1-3H3. The number of anilines is 1. The summed E-state index contributed by atoms with van der Waals surface area (Å²) in [6, 6.07) is 12.1. The lowest BCUT2D eigenvalue weighted by Crippen LogP contribution is -2.38. The molecule has 27 heavy (non-hydrogen) atoms. The summed E-state index contributed by atoms with van der Waals surface area (Å²) in [4.78, 5) is 19.2. The number of carbonyl (C=O) groups excluding carboxylic acids is 1. The zero-order valence-electron chi connectivity index (χ0n) is 16.0. The number of hydrogen-bond donors (Lipinski definition) is 0. The first kappa shape index (κ1) is 17.5. The van der Waals surface area contributed by atoms with E-state index in [1.807, 2.05) is 22.6 Å². The summed E-state index contributed by atoms with van der Waals surface area (Å²) < 4.78 is 1.99. The number of aromatic nitrogens is 3. The normalized spacial score (nSPS) is 13.7. The predicted octanol–water partition coefficient (Wildman–Crippen LogP) is 4.43. The van der Waals surface area contributed by atoms with Gasteiger partial charge in [-0.25, -0.2) is 4.68 Å². The topological polar surface area (TPSA) is 51.0 Å². The van der Waals surface area contributed by atoms with E-state index in [1.54, 1.807) is 18.5 Å². The van der Waals surface area contributed by atoms with Crippen molar-refractivity contribution in [1.82, 2.24) is 14.8 Å². The summed E-state index contributed by atoms with van der Waals surface area (Å²) in [5.74, 6) is 1.27. The number of amides is 1. The van der Waals surface area contributed by atoms with E-state index in [-0.39, 0.29) is 5.91 Å². The lowest BCUT2D eigenvalue weighted by atomic mass is 9.92. The highest BCUT2D eigenvalue weighted by atomic mass is 16.2. The maximum absolute atomic E-state index is 13.2. The molecule has 0 bridgehead atoms. The van der Waals surface area contributed by atoms with Crippen molar-refractivity contribution in [1.29, 1.82) is 0 Å². The average Bonchev–Trinajstić information content (AvgIpc) is 3.03. The maximum Gasteiger partial charge on any atom is 0.261 e. The lowest BCUT2D eigenvalue weighted by molar-refractivity contribution is 0.0981. The van der Waals surface area contributed by atoms with Gasteiger partial charge in [0.2, 0.25) is 0 Å². The highest BCUT2D eigenvalue weighted by Gasteiger charge is 2.30. The largest absolute Gasteiger partial charge is 0.292 e. The number of benzene rings is 1. The molecule has 1 aromatic carbocycles. The predicted molar refractivity (Wildman–Crippen MR) is 107 cm³/mol. The van der Waals surface area contributed by atoms with Crippen LogP contribution in [0.1, 0.15) is 47.8 Å². The first-order valence-electron chi connectivity index (χ1n) is 9.46. The van der Waals surface area contributed by atoms with Gasteiger partial charge in [-0.15, -0.1) is 0 Å². The molecule has 0 spiro atoms. The number of nitrogens with zero attached hydrogens (tertiary/aromatic N) is 4. The van der Waals surface area contributed by atoms with Gasteiger partial charge in [0.15, 0.2) is 0 Å². The van der Waals surface area contributed by atoms with E-state index in [4.69, 9.17) is 5.10 Å². The van der Waals surface area contributed by atoms with Crippen LogP contribution in [0.4, 0.5) is 5.82 Å². The third-order valence-corrected chi connectivity index (χ3v) is 5.11. The van der Waals surface area contributed by atoms with E-state index in [2.05, 4.69) is 43.1 Å². The Hall–Kier alpha value is -2.95. The quantitative estimate of drug-likeness (QED) is 0.694. The fraction of sp³-hybridized carbons (Fsp3) is 0.318. The zero-order chi connectivity index (χ0) is 19.0. The second-order valence-electron chi connectivity index (χ2n) is 7.30. The summed E-state index contributed by atoms with van der Waals surface area (Å²) in [5, 5.41) is 4.76. The molecular formula is C22H24N4O. The molecule has 0 radical (unpaired) electrons. The summed E-state index contributed by atoms with van der Waals surface area (Å²) in [6.45, 7) is 7.95. The Morgan fingerprint density at radius 2 is 1.93 bits per heavy atom. The molecule has 3 aromatic rings. The van der Waals surface area contributed by atoms with Gasteiger partial charge in [-0.2, -0.15) is 5.10 Å². The minimum absolute atomic E-state index is 0.0211. The number of fused-ring (bicyclic) bond motifs is 1. The molecule has 2 aromatic heterocycles. The molecule has 0 unspecified atom stereocenters. The number of aryl methyl sites for hydroxylation is 2. The van der Waals surface area contributed by atoms with Crippen molar-refractivity contribution in [3.8, 4) is 11.1 Å². The van der Waals surface area contributed by atoms with Crippen molar-refractivity contribution in [2.75, 3.05) is 11.4 Å². The molecule has 1 aliphatic rings. The van der Waals surface area contributed by atoms with Gasteiger partial charge in [0.05, 0.1) is 11.3 Å². The first-order chi connectivity index (χ1) is 13.1. The van der Waals surface area contributed by atoms with Gasteiger partial charge in [-0.3, -0.25) is 14.7 Å². The Morgan fingerprint density at radius 3 is 2.67 bits per heavy atom. The zero-order valence-corrected chi connectivity index (χ0v) is 16.0. The van der Waals surface area contributed by atoms with E-state index in [0.29, 0.717) is 18.0 Å². The number of hydrogen-bond acceptors (Lipinski definition) is 3. The second-order valence-corrected chi connectivity index (χ2v) is 7.30. The van der Waals surface area contributed by atoms with Gasteiger partial charge in [0.1, 0.15) is 5.82 Å². The first-order valence-corrected chi connectivity index (χ1v) is 9.46. The highest BCUT2D eigenvalue weighted by Crippen LogP contribution is 2.40. The lowest BCUT2D eigenvalue weighted by Gasteiger charge is -2.29. The van der Waals surface area contributed by atoms with E-state index in [0.717, 1.165) is 35.6 Å². The minimum Gasteiger partial charge on any atom is -0.292 e. The van der Waals surface area contributed by atoms with Gasteiger partial charge >= 0.3 is 0 Å². The van der Waals surface area contributed by atoms with E-state index < -0.39 is 0 Å². The molecule has 0 fully saturated rings. The van der Waals surface area contributed by atoms with Crippen molar-refractivity contribution in [2.24, 2.45) is 0 Å². The Kier molecular flexibility index (Phi) is 4.52. The smallest absolute Gasteiger partial charge is 0.261 e. The van der Waals surface area contributed by atoms with Crippen LogP contribution in [0, 0.1) is 6.92 Å². The van der Waals surface area contributed by atoms with Crippen LogP contribution in [0.15, 0.2) is 48.8 Å². The summed E-state index contributed by atoms with van der Waals surface area (Å²) in [7, 11) is 0. The average molecular weight is 360 g/mol. The van der Waals surface area contributed by atoms with Crippen LogP contribution in [0.5, 0.6) is 0 Å². The van der Waals surface area contributed by atoms with Crippen molar-refractivity contribution in [2.45, 2.75) is 39.7 Å². The Morgan fingerprint density at radius 1 is 1.11 bits per heavy atom. The van der Waals surface area contributed by atoms with Crippen LogP contribution in [0.25, 0.3) is 11.1 Å². The van der Waals surface area contributed by atoms with Gasteiger partial charge in [-0.1, -0.05) is 38.1 Å². The van der Waals surface area contributed by atoms with Gasteiger partial charge in [0.25, 0.3) is 5.91 Å². The third-order valence-electron chi connectivity index (χ3n) is 5.11. The molecule has 1 aliphatic heterocycles. The third kappa shape index (κ3) is 3.03. The number of rotatable bonds is 3. The van der Waals surface area contributed by atoms with Crippen LogP contribution in [-0.4, -0.2) is 27.2 Å². The van der Waals surface area contributed by atoms with Crippen LogP contribution in [0.2, 0.25) is 0 Å². The van der Waals surface area contributed by atoms with Crippen molar-refractivity contribution in [3.05, 3.63) is 65.6 Å². The Labute approximate surface area is 159 Å². The van der Waals surface area contributed by atoms with E-state index in [1.165, 1.54) is 5.56 Å². The molecule has 5 heteroatoms. The molecule has 0 saturated heterocycles. The van der Waals surface area contributed by atoms with E-state index in [9.17, 15) is 4.79 Å². The molecule has 138 valence electrons. The summed E-state index contributed by atoms with van der Waals surface area (Å²) in [6.07, 6.45) is 4.21. The Bertz CT molecular complexity index is 975. The number of carbonyl (C=O) groups is 1. The summed E-state index contributed by atoms with van der Waals surface area (Å²) >= 11 is 0. The van der Waals surface area contributed by atoms with Gasteiger partial charge < -0.3 is 0 Å². The van der Waals surface area contributed by atoms with Crippen molar-refractivity contribution < 1.29 is 4.79 Å². The maximum atomic E-state index is 13.2. The molecular weight excluding hydrogens is 336 g/mol. The van der Waals surface area contributed by atoms with Crippen LogP contribution < -0.4 is 4.90 Å². The van der Waals surface area contributed by atoms with Crippen LogP contribution in [-0.2, 0) is 6.54 Å². The molecule has 0 atom stereocenters. The molecule has 5 nitrogen and oxygen atoms in total. The fourth-order valence-corrected chi connectivity index (χ4v) is 3.87. The van der Waals surface area contributed by atoms with Gasteiger partial charge in [0, 0.05) is 31.0 Å². The minimum atomic E-state index is -0.0211. The molecule has 3 heterocycles. The Balaban J connectivity index is 1.88. The molecule has 0 N–H and O–H groups in total. The second kappa shape index (κ2) is 6.99. The van der Waals surface area contributed by atoms with Crippen molar-refractivity contribution >= 4 is 11.7 Å². The van der Waals surface area contributed by atoms with Gasteiger partial charge in [-0.05, 0) is 42.5 Å². The SMILES string of the molecule is Cc1nn2c(c1-c1ccccc1C(C)C)N(C(=O)c1cccnc1)CCC2. The van der Waals surface area contributed by atoms with Crippen LogP contribution in [0.3, 0.4) is 0 Å². The fourth-order valence-electron chi connectivity index (χ4n) is 3.87. The molecule has 1 amide bonds. The highest BCUT2D eigenvalue weighted by molar-refractivity contribution is 6.07.